The molecule has 0 saturated carbocycles. The normalized spacial score (nSPS) is 21.9. The zero-order valence-corrected chi connectivity index (χ0v) is 17.6. The first-order chi connectivity index (χ1) is 9.40. The van der Waals surface area contributed by atoms with E-state index < -0.39 is 0 Å². The van der Waals surface area contributed by atoms with Gasteiger partial charge in [-0.3, -0.25) is 0 Å². The van der Waals surface area contributed by atoms with Crippen molar-refractivity contribution in [3.8, 4) is 0 Å². The molecule has 2 nitrogen and oxygen atoms in total. The molecular weight excluding hydrogens is 388 g/mol. The van der Waals surface area contributed by atoms with Gasteiger partial charge in [0.25, 0.3) is 0 Å². The van der Waals surface area contributed by atoms with Gasteiger partial charge in [0.2, 0.25) is 24.4 Å². The topological polar surface area (TPSA) is 6.48 Å². The van der Waals surface area contributed by atoms with Crippen LogP contribution in [0.1, 0.15) is 39.5 Å². The molecule has 0 bridgehead atoms. The van der Waals surface area contributed by atoms with Crippen molar-refractivity contribution in [1.82, 2.24) is 9.80 Å². The Bertz CT molecular complexity index is 293. The monoisotopic (exact) mass is 417 g/mol. The maximum atomic E-state index is 4.23. The fourth-order valence-electron chi connectivity index (χ4n) is 2.44. The number of piperidine rings is 2. The Balaban J connectivity index is 0.000000364. The molecule has 0 aromatic rings. The number of hydrogen-bond acceptors (Lipinski definition) is 0. The Morgan fingerprint density at radius 2 is 1.00 bits per heavy atom. The second-order valence-corrected chi connectivity index (χ2v) is 8.62. The number of nitrogens with zero attached hydrogens (tertiary/aromatic N) is 2. The van der Waals surface area contributed by atoms with E-state index in [-0.39, 0.29) is 17.1 Å². The molecule has 0 aliphatic carbocycles. The molecular formula is C14H30CuN2S4+6. The van der Waals surface area contributed by atoms with Crippen molar-refractivity contribution >= 4 is 58.3 Å². The minimum Gasteiger partial charge on any atom is -0.184 e. The fraction of sp³-hybridized carbons (Fsp3) is 0.857. The summed E-state index contributed by atoms with van der Waals surface area (Å²) in [6.45, 7) is 9.24. The molecule has 0 aromatic heterocycles. The average Bonchev–Trinajstić information content (AvgIpc) is 2.40. The number of likely N-dealkylation sites (tertiary alicyclic amines) is 2. The van der Waals surface area contributed by atoms with Gasteiger partial charge in [0.1, 0.15) is 0 Å². The first kappa shape index (κ1) is 22.3. The van der Waals surface area contributed by atoms with Crippen LogP contribution in [0.2, 0.25) is 0 Å². The van der Waals surface area contributed by atoms with Crippen LogP contribution < -0.4 is 0 Å². The van der Waals surface area contributed by atoms with Crippen LogP contribution in [0.4, 0.5) is 0 Å². The molecule has 0 N–H and O–H groups in total. The Kier molecular flexibility index (Phi) is 12.5. The third-order valence-corrected chi connectivity index (χ3v) is 5.36. The smallest absolute Gasteiger partial charge is 0.184 e. The Labute approximate surface area is 162 Å². The minimum atomic E-state index is 0. The summed E-state index contributed by atoms with van der Waals surface area (Å²) in [5, 5.41) is 0. The van der Waals surface area contributed by atoms with Gasteiger partial charge in [0.15, 0.2) is 0 Å². The van der Waals surface area contributed by atoms with Gasteiger partial charge in [-0.25, -0.2) is 0 Å². The summed E-state index contributed by atoms with van der Waals surface area (Å²) in [6.07, 6.45) is 5.20. The molecule has 0 spiro atoms. The molecule has 0 unspecified atom stereocenters. The maximum Gasteiger partial charge on any atom is 2.00 e. The third kappa shape index (κ3) is 9.26. The van der Waals surface area contributed by atoms with E-state index in [2.05, 4.69) is 73.3 Å². The summed E-state index contributed by atoms with van der Waals surface area (Å²) < 4.78 is 1.96. The van der Waals surface area contributed by atoms with Gasteiger partial charge in [-0.2, -0.15) is 9.80 Å². The fourth-order valence-corrected chi connectivity index (χ4v) is 3.29. The molecule has 2 fully saturated rings. The van der Waals surface area contributed by atoms with Crippen LogP contribution in [0, 0.1) is 11.8 Å². The number of thiol groups is 2. The molecule has 1 radical (unpaired) electrons. The van der Waals surface area contributed by atoms with Crippen molar-refractivity contribution in [2.75, 3.05) is 26.2 Å². The van der Waals surface area contributed by atoms with Gasteiger partial charge in [-0.1, -0.05) is 13.8 Å². The van der Waals surface area contributed by atoms with Crippen molar-refractivity contribution in [3.05, 3.63) is 0 Å². The van der Waals surface area contributed by atoms with Crippen molar-refractivity contribution in [3.63, 3.8) is 0 Å². The molecule has 2 saturated heterocycles. The largest absolute Gasteiger partial charge is 2.00 e. The van der Waals surface area contributed by atoms with Crippen molar-refractivity contribution < 1.29 is 17.1 Å². The molecule has 2 aliphatic heterocycles. The van der Waals surface area contributed by atoms with E-state index in [0.717, 1.165) is 46.7 Å². The van der Waals surface area contributed by atoms with E-state index in [1.54, 1.807) is 0 Å². The summed E-state index contributed by atoms with van der Waals surface area (Å²) >= 11 is 15.3. The van der Waals surface area contributed by atoms with Crippen LogP contribution in [-0.2, 0) is 66.8 Å². The molecule has 0 atom stereocenters. The van der Waals surface area contributed by atoms with Gasteiger partial charge in [-0.05, 0) is 37.5 Å². The molecule has 2 heterocycles. The van der Waals surface area contributed by atoms with E-state index >= 15 is 0 Å². The van der Waals surface area contributed by atoms with Gasteiger partial charge >= 0.3 is 25.7 Å². The predicted octanol–water partition coefficient (Wildman–Crippen LogP) is 0.190. The quantitative estimate of drug-likeness (QED) is 0.240. The van der Waals surface area contributed by atoms with Gasteiger partial charge in [-0.15, -0.1) is 0 Å². The van der Waals surface area contributed by atoms with Crippen LogP contribution in [-0.4, -0.2) is 44.6 Å². The predicted molar refractivity (Wildman–Crippen MR) is 108 cm³/mol. The summed E-state index contributed by atoms with van der Waals surface area (Å²) in [7, 11) is 0. The second kappa shape index (κ2) is 11.8. The minimum absolute atomic E-state index is 0. The van der Waals surface area contributed by atoms with Crippen molar-refractivity contribution in [2.45, 2.75) is 39.5 Å². The standard InChI is InChI=1S/2C7H13NS2.Cu/c2*1-6-2-4-8(5-3-6)7(9)10;/h2*6H,2-5H2,1H3,(H,9,10);/q;;+2/p+4. The summed E-state index contributed by atoms with van der Waals surface area (Å²) in [5.41, 5.74) is 0. The van der Waals surface area contributed by atoms with Crippen molar-refractivity contribution in [2.24, 2.45) is 11.8 Å². The van der Waals surface area contributed by atoms with E-state index in [1.165, 1.54) is 25.7 Å². The zero-order valence-electron chi connectivity index (χ0n) is 12.9. The van der Waals surface area contributed by atoms with E-state index in [0.29, 0.717) is 0 Å². The van der Waals surface area contributed by atoms with E-state index in [1.807, 2.05) is 0 Å². The summed E-state index contributed by atoms with van der Waals surface area (Å²) in [6, 6.07) is 0. The average molecular weight is 418 g/mol. The molecule has 2 aliphatic rings. The first-order valence-corrected chi connectivity index (χ1v) is 9.34. The third-order valence-electron chi connectivity index (χ3n) is 4.17. The van der Waals surface area contributed by atoms with Crippen LogP contribution in [0.15, 0.2) is 0 Å². The van der Waals surface area contributed by atoms with Crippen molar-refractivity contribution in [1.29, 1.82) is 0 Å². The number of rotatable bonds is 0. The maximum absolute atomic E-state index is 4.23. The van der Waals surface area contributed by atoms with E-state index in [9.17, 15) is 0 Å². The van der Waals surface area contributed by atoms with Crippen LogP contribution >= 0.6 is 0 Å². The molecule has 2 rings (SSSR count). The molecule has 7 heteroatoms. The SMILES string of the molecule is CC1CCN(C(=[SH+])[SH2+])CC1.CC1CCN(C(=[SH+])[SH2+])CC1.[Cu+2]. The molecule has 21 heavy (non-hydrogen) atoms. The second-order valence-electron chi connectivity index (χ2n) is 5.99. The summed E-state index contributed by atoms with van der Waals surface area (Å²) in [5.74, 6) is 1.80. The van der Waals surface area contributed by atoms with Crippen LogP contribution in [0.25, 0.3) is 0 Å². The van der Waals surface area contributed by atoms with Gasteiger partial charge in [0.05, 0.1) is 25.3 Å². The zero-order chi connectivity index (χ0) is 15.1. The van der Waals surface area contributed by atoms with Crippen LogP contribution in [0.3, 0.4) is 0 Å². The Hall–Kier alpha value is 1.32. The molecule has 0 amide bonds. The first-order valence-electron chi connectivity index (χ1n) is 7.45. The van der Waals surface area contributed by atoms with Gasteiger partial charge in [0, 0.05) is 26.2 Å². The molecule has 0 aromatic carbocycles. The van der Waals surface area contributed by atoms with Crippen LogP contribution in [0.5, 0.6) is 0 Å². The molecule has 125 valence electrons. The Morgan fingerprint density at radius 3 is 1.19 bits per heavy atom. The Morgan fingerprint density at radius 1 is 0.762 bits per heavy atom. The summed E-state index contributed by atoms with van der Waals surface area (Å²) in [4.78, 5) is 4.53. The van der Waals surface area contributed by atoms with E-state index in [4.69, 9.17) is 0 Å². The van der Waals surface area contributed by atoms with Gasteiger partial charge < -0.3 is 0 Å². The number of hydrogen-bond donors (Lipinski definition) is 0.